The Bertz CT molecular complexity index is 502. The largest absolute Gasteiger partial charge is 0.365 e. The van der Waals surface area contributed by atoms with Crippen LogP contribution in [0.2, 0.25) is 0 Å². The number of amides is 1. The number of pyridine rings is 1. The quantitative estimate of drug-likeness (QED) is 0.737. The van der Waals surface area contributed by atoms with Gasteiger partial charge in [0.1, 0.15) is 6.07 Å². The number of H-pyrrole nitrogens is 1. The van der Waals surface area contributed by atoms with Gasteiger partial charge in [0.2, 0.25) is 5.56 Å². The number of hydrogen-bond acceptors (Lipinski definition) is 3. The van der Waals surface area contributed by atoms with Gasteiger partial charge in [-0.3, -0.25) is 9.59 Å². The summed E-state index contributed by atoms with van der Waals surface area (Å²) in [5, 5.41) is 8.54. The number of alkyl halides is 2. The molecule has 0 bridgehead atoms. The predicted molar refractivity (Wildman–Crippen MR) is 45.3 cm³/mol. The second kappa shape index (κ2) is 3.88. The van der Waals surface area contributed by atoms with Crippen LogP contribution < -0.4 is 11.3 Å². The highest BCUT2D eigenvalue weighted by Crippen LogP contribution is 2.21. The predicted octanol–water partition coefficient (Wildman–Crippen LogP) is 0.283. The fourth-order valence-corrected chi connectivity index (χ4v) is 1.10. The number of hydrogen-bond donors (Lipinski definition) is 2. The Balaban J connectivity index is 3.64. The number of nitrogens with zero attached hydrogens (tertiary/aromatic N) is 1. The zero-order valence-electron chi connectivity index (χ0n) is 7.25. The molecular weight excluding hydrogens is 208 g/mol. The van der Waals surface area contributed by atoms with E-state index in [0.717, 1.165) is 6.07 Å². The van der Waals surface area contributed by atoms with E-state index < -0.39 is 34.7 Å². The van der Waals surface area contributed by atoms with Crippen molar-refractivity contribution in [3.63, 3.8) is 0 Å². The lowest BCUT2D eigenvalue weighted by Crippen LogP contribution is -2.21. The summed E-state index contributed by atoms with van der Waals surface area (Å²) in [6.07, 6.45) is -3.08. The van der Waals surface area contributed by atoms with Crippen molar-refractivity contribution in [2.45, 2.75) is 6.43 Å². The summed E-state index contributed by atoms with van der Waals surface area (Å²) in [5.74, 6) is -1.18. The molecule has 78 valence electrons. The topological polar surface area (TPSA) is 99.7 Å². The summed E-state index contributed by atoms with van der Waals surface area (Å²) in [6, 6.07) is 2.20. The molecule has 0 radical (unpaired) electrons. The summed E-state index contributed by atoms with van der Waals surface area (Å²) in [6.45, 7) is 0. The highest BCUT2D eigenvalue weighted by molar-refractivity contribution is 5.96. The number of halogens is 2. The molecule has 3 N–H and O–H groups in total. The fraction of sp³-hybridized carbons (Fsp3) is 0.125. The van der Waals surface area contributed by atoms with Crippen LogP contribution in [0.1, 0.15) is 28.0 Å². The third-order valence-corrected chi connectivity index (χ3v) is 1.66. The van der Waals surface area contributed by atoms with Crippen molar-refractivity contribution >= 4 is 5.91 Å². The van der Waals surface area contributed by atoms with E-state index in [1.807, 2.05) is 0 Å². The zero-order valence-corrected chi connectivity index (χ0v) is 7.25. The Morgan fingerprint density at radius 2 is 2.20 bits per heavy atom. The number of carbonyl (C=O) groups excluding carboxylic acids is 1. The number of carbonyl (C=O) groups is 1. The first-order chi connectivity index (χ1) is 6.97. The van der Waals surface area contributed by atoms with Crippen molar-refractivity contribution in [3.05, 3.63) is 33.2 Å². The molecule has 1 aromatic heterocycles. The van der Waals surface area contributed by atoms with Crippen molar-refractivity contribution < 1.29 is 13.6 Å². The fourth-order valence-electron chi connectivity index (χ4n) is 1.10. The highest BCUT2D eigenvalue weighted by atomic mass is 19.3. The van der Waals surface area contributed by atoms with Crippen LogP contribution in [0.25, 0.3) is 0 Å². The van der Waals surface area contributed by atoms with E-state index in [9.17, 15) is 18.4 Å². The van der Waals surface area contributed by atoms with Crippen LogP contribution in [-0.2, 0) is 0 Å². The summed E-state index contributed by atoms with van der Waals surface area (Å²) in [4.78, 5) is 23.5. The highest BCUT2D eigenvalue weighted by Gasteiger charge is 2.21. The molecule has 15 heavy (non-hydrogen) atoms. The lowest BCUT2D eigenvalue weighted by molar-refractivity contribution is 0.0982. The molecule has 0 aliphatic rings. The number of aromatic nitrogens is 1. The number of nitriles is 1. The van der Waals surface area contributed by atoms with Gasteiger partial charge in [0.05, 0.1) is 16.8 Å². The Morgan fingerprint density at radius 1 is 1.60 bits per heavy atom. The van der Waals surface area contributed by atoms with Gasteiger partial charge in [-0.1, -0.05) is 0 Å². The third-order valence-electron chi connectivity index (χ3n) is 1.66. The molecule has 0 aromatic carbocycles. The Kier molecular flexibility index (Phi) is 2.80. The van der Waals surface area contributed by atoms with Gasteiger partial charge in [-0.05, 0) is 0 Å². The van der Waals surface area contributed by atoms with Crippen LogP contribution in [-0.4, -0.2) is 10.9 Å². The SMILES string of the molecule is N#Cc1cc(=O)[nH]c(C(F)F)c1C(N)=O. The maximum atomic E-state index is 12.4. The van der Waals surface area contributed by atoms with Crippen molar-refractivity contribution in [1.82, 2.24) is 4.98 Å². The maximum absolute atomic E-state index is 12.4. The standard InChI is InChI=1S/C8H5F2N3O2/c9-7(10)6-5(8(12)15)3(2-11)1-4(14)13-6/h1,7H,(H2,12,15)(H,13,14). The Labute approximate surface area is 82.1 Å². The molecule has 1 aromatic rings. The number of nitrogens with two attached hydrogens (primary N) is 1. The van der Waals surface area contributed by atoms with Gasteiger partial charge < -0.3 is 10.7 Å². The normalized spacial score (nSPS) is 10.0. The lowest BCUT2D eigenvalue weighted by Gasteiger charge is -2.06. The number of primary amides is 1. The van der Waals surface area contributed by atoms with Gasteiger partial charge in [0.25, 0.3) is 12.3 Å². The molecule has 0 atom stereocenters. The molecule has 1 amide bonds. The molecular formula is C8H5F2N3O2. The molecule has 1 heterocycles. The lowest BCUT2D eigenvalue weighted by atomic mass is 10.1. The minimum absolute atomic E-state index is 0.457. The first-order valence-corrected chi connectivity index (χ1v) is 3.72. The maximum Gasteiger partial charge on any atom is 0.279 e. The van der Waals surface area contributed by atoms with Gasteiger partial charge in [-0.25, -0.2) is 8.78 Å². The molecule has 0 saturated carbocycles. The van der Waals surface area contributed by atoms with E-state index in [2.05, 4.69) is 0 Å². The van der Waals surface area contributed by atoms with E-state index >= 15 is 0 Å². The minimum Gasteiger partial charge on any atom is -0.365 e. The Hall–Kier alpha value is -2.23. The molecule has 0 saturated heterocycles. The Morgan fingerprint density at radius 3 is 2.60 bits per heavy atom. The van der Waals surface area contributed by atoms with Crippen LogP contribution in [0.5, 0.6) is 0 Å². The van der Waals surface area contributed by atoms with E-state index in [-0.39, 0.29) is 0 Å². The molecule has 5 nitrogen and oxygen atoms in total. The van der Waals surface area contributed by atoms with Gasteiger partial charge in [0, 0.05) is 6.07 Å². The third kappa shape index (κ3) is 1.99. The number of rotatable bonds is 2. The summed E-state index contributed by atoms with van der Waals surface area (Å²) < 4.78 is 24.8. The molecule has 0 aliphatic carbocycles. The monoisotopic (exact) mass is 213 g/mol. The zero-order chi connectivity index (χ0) is 11.6. The summed E-state index contributed by atoms with van der Waals surface area (Å²) in [7, 11) is 0. The van der Waals surface area contributed by atoms with Crippen molar-refractivity contribution in [2.24, 2.45) is 5.73 Å². The molecule has 0 fully saturated rings. The first kappa shape index (κ1) is 10.8. The second-order valence-electron chi connectivity index (χ2n) is 2.61. The number of aromatic amines is 1. The average Bonchev–Trinajstić information content (AvgIpc) is 2.15. The van der Waals surface area contributed by atoms with Crippen LogP contribution in [0, 0.1) is 11.3 Å². The minimum atomic E-state index is -3.08. The van der Waals surface area contributed by atoms with E-state index in [0.29, 0.717) is 0 Å². The van der Waals surface area contributed by atoms with E-state index in [1.165, 1.54) is 6.07 Å². The molecule has 0 aliphatic heterocycles. The first-order valence-electron chi connectivity index (χ1n) is 3.72. The summed E-state index contributed by atoms with van der Waals surface area (Å²) >= 11 is 0. The number of nitrogens with one attached hydrogen (secondary N) is 1. The van der Waals surface area contributed by atoms with Crippen LogP contribution in [0.3, 0.4) is 0 Å². The van der Waals surface area contributed by atoms with E-state index in [4.69, 9.17) is 11.0 Å². The molecule has 7 heteroatoms. The molecule has 0 spiro atoms. The van der Waals surface area contributed by atoms with Gasteiger partial charge >= 0.3 is 0 Å². The van der Waals surface area contributed by atoms with Gasteiger partial charge in [-0.15, -0.1) is 0 Å². The second-order valence-corrected chi connectivity index (χ2v) is 2.61. The van der Waals surface area contributed by atoms with Crippen molar-refractivity contribution in [1.29, 1.82) is 5.26 Å². The molecule has 0 unspecified atom stereocenters. The van der Waals surface area contributed by atoms with Crippen LogP contribution in [0.4, 0.5) is 8.78 Å². The van der Waals surface area contributed by atoms with Crippen LogP contribution >= 0.6 is 0 Å². The van der Waals surface area contributed by atoms with E-state index in [1.54, 1.807) is 4.98 Å². The average molecular weight is 213 g/mol. The summed E-state index contributed by atoms with van der Waals surface area (Å²) in [5.41, 5.74) is 1.92. The van der Waals surface area contributed by atoms with Gasteiger partial charge in [-0.2, -0.15) is 5.26 Å². The van der Waals surface area contributed by atoms with Crippen molar-refractivity contribution in [2.75, 3.05) is 0 Å². The molecule has 1 rings (SSSR count). The van der Waals surface area contributed by atoms with Gasteiger partial charge in [0.15, 0.2) is 0 Å². The van der Waals surface area contributed by atoms with Crippen molar-refractivity contribution in [3.8, 4) is 6.07 Å². The van der Waals surface area contributed by atoms with Crippen LogP contribution in [0.15, 0.2) is 10.9 Å². The smallest absolute Gasteiger partial charge is 0.279 e.